The van der Waals surface area contributed by atoms with Crippen LogP contribution < -0.4 is 14.4 Å². The minimum Gasteiger partial charge on any atom is -0.508 e. The number of hydrogen-bond acceptors (Lipinski definition) is 12. The van der Waals surface area contributed by atoms with Crippen molar-refractivity contribution in [3.05, 3.63) is 41.5 Å². The SMILES string of the molecule is C#Cc1c(F)ccc2cc(O)cc(-c3nc(OC)c4c(N5CCOCC(C)(O)C5)nc(OCC56CCCC5N(CC5C7CN(C(=O)OC)CC75)CCC6)nc4c3F)c12. The largest absolute Gasteiger partial charge is 0.508 e. The number of nitrogens with zero attached hydrogens (tertiary/aromatic N) is 6. The number of carbonyl (C=O) groups is 1. The highest BCUT2D eigenvalue weighted by molar-refractivity contribution is 6.04. The molecular weight excluding hydrogens is 751 g/mol. The van der Waals surface area contributed by atoms with Gasteiger partial charge >= 0.3 is 12.1 Å². The summed E-state index contributed by atoms with van der Waals surface area (Å²) in [4.78, 5) is 32.5. The third-order valence-corrected chi connectivity index (χ3v) is 13.3. The molecule has 4 aromatic rings. The summed E-state index contributed by atoms with van der Waals surface area (Å²) < 4.78 is 55.6. The highest BCUT2D eigenvalue weighted by atomic mass is 19.1. The molecule has 15 heteroatoms. The number of methoxy groups -OCH3 is 2. The maximum absolute atomic E-state index is 17.4. The Bertz CT molecular complexity index is 2330. The van der Waals surface area contributed by atoms with E-state index in [4.69, 9.17) is 35.3 Å². The summed E-state index contributed by atoms with van der Waals surface area (Å²) in [7, 11) is 2.82. The van der Waals surface area contributed by atoms with E-state index in [2.05, 4.69) is 15.8 Å². The number of piperidine rings is 2. The van der Waals surface area contributed by atoms with Crippen LogP contribution in [-0.4, -0.2) is 126 Å². The van der Waals surface area contributed by atoms with Gasteiger partial charge in [0.25, 0.3) is 0 Å². The summed E-state index contributed by atoms with van der Waals surface area (Å²) in [5, 5.41) is 22.7. The number of likely N-dealkylation sites (tertiary alicyclic amines) is 2. The molecule has 13 nitrogen and oxygen atoms in total. The number of phenolic OH excluding ortho intramolecular Hbond substituents is 1. The predicted molar refractivity (Wildman–Crippen MR) is 211 cm³/mol. The number of amides is 1. The average molecular weight is 799 g/mol. The number of benzene rings is 2. The molecule has 2 aromatic heterocycles. The number of aliphatic hydroxyl groups is 1. The Morgan fingerprint density at radius 2 is 1.88 bits per heavy atom. The number of hydrogen-bond donors (Lipinski definition) is 2. The van der Waals surface area contributed by atoms with Gasteiger partial charge in [0.1, 0.15) is 39.6 Å². The van der Waals surface area contributed by atoms with E-state index in [-0.39, 0.29) is 87.8 Å². The van der Waals surface area contributed by atoms with E-state index in [0.717, 1.165) is 58.3 Å². The van der Waals surface area contributed by atoms with Crippen molar-refractivity contribution in [2.45, 2.75) is 50.7 Å². The van der Waals surface area contributed by atoms with Gasteiger partial charge in [-0.2, -0.15) is 9.97 Å². The molecular formula is C43H48F2N6O7. The molecule has 2 aromatic carbocycles. The van der Waals surface area contributed by atoms with Crippen molar-refractivity contribution in [2.24, 2.45) is 23.2 Å². The summed E-state index contributed by atoms with van der Waals surface area (Å²) in [5.74, 6) is 2.42. The van der Waals surface area contributed by atoms with Crippen molar-refractivity contribution in [2.75, 3.05) is 78.2 Å². The first-order valence-corrected chi connectivity index (χ1v) is 20.1. The van der Waals surface area contributed by atoms with Gasteiger partial charge in [0, 0.05) is 48.6 Å². The zero-order valence-corrected chi connectivity index (χ0v) is 33.0. The number of aromatic nitrogens is 3. The minimum absolute atomic E-state index is 0.0233. The molecule has 2 aliphatic carbocycles. The molecule has 5 atom stereocenters. The van der Waals surface area contributed by atoms with Gasteiger partial charge in [-0.15, -0.1) is 6.42 Å². The molecule has 306 valence electrons. The minimum atomic E-state index is -1.26. The van der Waals surface area contributed by atoms with Crippen molar-refractivity contribution in [3.63, 3.8) is 0 Å². The molecule has 0 spiro atoms. The Morgan fingerprint density at radius 3 is 2.64 bits per heavy atom. The molecule has 5 heterocycles. The lowest BCUT2D eigenvalue weighted by Gasteiger charge is -2.46. The number of fused-ring (bicyclic) bond motifs is 4. The summed E-state index contributed by atoms with van der Waals surface area (Å²) in [6.07, 6.45) is 10.6. The summed E-state index contributed by atoms with van der Waals surface area (Å²) >= 11 is 0. The zero-order chi connectivity index (χ0) is 40.5. The number of carbonyl (C=O) groups excluding carboxylic acids is 1. The Kier molecular flexibility index (Phi) is 9.72. The van der Waals surface area contributed by atoms with Gasteiger partial charge in [-0.1, -0.05) is 18.4 Å². The number of halogens is 2. The second kappa shape index (κ2) is 14.7. The van der Waals surface area contributed by atoms with E-state index in [9.17, 15) is 15.0 Å². The number of pyridine rings is 1. The second-order valence-electron chi connectivity index (χ2n) is 17.0. The van der Waals surface area contributed by atoms with Crippen LogP contribution in [-0.2, 0) is 9.47 Å². The topological polar surface area (TPSA) is 143 Å². The van der Waals surface area contributed by atoms with Crippen LogP contribution in [0.4, 0.5) is 19.4 Å². The molecule has 58 heavy (non-hydrogen) atoms. The van der Waals surface area contributed by atoms with Crippen molar-refractivity contribution in [1.29, 1.82) is 0 Å². The number of phenols is 1. The lowest BCUT2D eigenvalue weighted by molar-refractivity contribution is -0.0123. The normalized spacial score (nSPS) is 28.2. The number of aromatic hydroxyl groups is 1. The van der Waals surface area contributed by atoms with Crippen LogP contribution in [0.15, 0.2) is 24.3 Å². The van der Waals surface area contributed by atoms with Crippen LogP contribution in [0.25, 0.3) is 32.9 Å². The predicted octanol–water partition coefficient (Wildman–Crippen LogP) is 5.36. The molecule has 0 bridgehead atoms. The Morgan fingerprint density at radius 1 is 1.09 bits per heavy atom. The van der Waals surface area contributed by atoms with Crippen LogP contribution in [0.3, 0.4) is 0 Å². The van der Waals surface area contributed by atoms with Gasteiger partial charge in [-0.3, -0.25) is 4.90 Å². The Hall–Kier alpha value is -5.04. The van der Waals surface area contributed by atoms with Crippen LogP contribution in [0.1, 0.15) is 44.6 Å². The Labute approximate surface area is 335 Å². The molecule has 5 unspecified atom stereocenters. The molecule has 1 amide bonds. The third kappa shape index (κ3) is 6.59. The Balaban J connectivity index is 1.09. The quantitative estimate of drug-likeness (QED) is 0.222. The summed E-state index contributed by atoms with van der Waals surface area (Å²) in [6.45, 7) is 6.26. The fourth-order valence-electron chi connectivity index (χ4n) is 10.6. The average Bonchev–Trinajstić information content (AvgIpc) is 3.48. The lowest BCUT2D eigenvalue weighted by Crippen LogP contribution is -2.52. The highest BCUT2D eigenvalue weighted by Crippen LogP contribution is 2.55. The van der Waals surface area contributed by atoms with Gasteiger partial charge < -0.3 is 39.0 Å². The number of β-amino-alcohol motifs (C(OH)–C–C–N with tert-alkyl or cyclic N) is 1. The number of rotatable bonds is 8. The van der Waals surface area contributed by atoms with E-state index in [1.165, 1.54) is 38.5 Å². The molecule has 2 saturated carbocycles. The van der Waals surface area contributed by atoms with E-state index >= 15 is 8.78 Å². The van der Waals surface area contributed by atoms with Gasteiger partial charge in [-0.05, 0) is 80.5 Å². The van der Waals surface area contributed by atoms with Crippen molar-refractivity contribution >= 4 is 33.6 Å². The van der Waals surface area contributed by atoms with E-state index in [1.807, 2.05) is 4.90 Å². The smallest absolute Gasteiger partial charge is 0.409 e. The van der Waals surface area contributed by atoms with Gasteiger partial charge in [0.2, 0.25) is 5.88 Å². The van der Waals surface area contributed by atoms with Crippen LogP contribution in [0.2, 0.25) is 0 Å². The maximum atomic E-state index is 17.4. The molecule has 5 aliphatic rings. The van der Waals surface area contributed by atoms with Crippen molar-refractivity contribution < 1.29 is 42.7 Å². The number of anilines is 1. The van der Waals surface area contributed by atoms with Gasteiger partial charge in [0.05, 0.1) is 46.1 Å². The van der Waals surface area contributed by atoms with Crippen molar-refractivity contribution in [1.82, 2.24) is 24.8 Å². The highest BCUT2D eigenvalue weighted by Gasteiger charge is 2.58. The standard InChI is InChI=1S/C43H48F2N6O7/c1-5-26-31(44)10-9-24-16-25(52)17-27(33(24)26)36-35(45)37-34(39(46-36)55-3)38(50-14-15-57-22-42(2,54)21-50)48-40(47-37)58-23-43-11-6-8-32(43)49(13-7-12-43)18-28-29-19-51(20-30(28)29)41(53)56-4/h1,9-10,16-17,28-30,32,52,54H,6-8,11-15,18-23H2,2-4H3. The third-order valence-electron chi connectivity index (χ3n) is 13.3. The van der Waals surface area contributed by atoms with Crippen molar-refractivity contribution in [3.8, 4) is 41.2 Å². The molecule has 0 radical (unpaired) electrons. The van der Waals surface area contributed by atoms with Crippen LogP contribution in [0.5, 0.6) is 17.6 Å². The first kappa shape index (κ1) is 38.5. The first-order chi connectivity index (χ1) is 27.9. The molecule has 2 N–H and O–H groups in total. The molecule has 3 saturated heterocycles. The monoisotopic (exact) mass is 798 g/mol. The number of ether oxygens (including phenoxy) is 4. The fourth-order valence-corrected chi connectivity index (χ4v) is 10.6. The van der Waals surface area contributed by atoms with Crippen LogP contribution >= 0.6 is 0 Å². The first-order valence-electron chi connectivity index (χ1n) is 20.1. The second-order valence-corrected chi connectivity index (χ2v) is 17.0. The van der Waals surface area contributed by atoms with E-state index in [1.54, 1.807) is 11.8 Å². The van der Waals surface area contributed by atoms with E-state index < -0.39 is 17.2 Å². The number of terminal acetylenes is 1. The zero-order valence-electron chi connectivity index (χ0n) is 33.0. The van der Waals surface area contributed by atoms with E-state index in [0.29, 0.717) is 42.3 Å². The molecule has 9 rings (SSSR count). The fraction of sp³-hybridized carbons (Fsp3) is 0.535. The maximum Gasteiger partial charge on any atom is 0.409 e. The van der Waals surface area contributed by atoms with Gasteiger partial charge in [-0.25, -0.2) is 18.6 Å². The summed E-state index contributed by atoms with van der Waals surface area (Å²) in [6, 6.07) is 5.63. The lowest BCUT2D eigenvalue weighted by atomic mass is 9.75. The van der Waals surface area contributed by atoms with Crippen LogP contribution in [0, 0.1) is 47.1 Å². The summed E-state index contributed by atoms with van der Waals surface area (Å²) in [5.41, 5.74) is -1.88. The molecule has 3 aliphatic heterocycles. The molecule has 5 fully saturated rings. The van der Waals surface area contributed by atoms with Gasteiger partial charge in [0.15, 0.2) is 5.82 Å².